The Morgan fingerprint density at radius 2 is 2.00 bits per heavy atom. The Balaban J connectivity index is 1.61. The predicted molar refractivity (Wildman–Crippen MR) is 134 cm³/mol. The molecular weight excluding hydrogens is 511 g/mol. The summed E-state index contributed by atoms with van der Waals surface area (Å²) in [5.74, 6) is -1.60. The molecule has 4 aliphatic rings. The molecule has 6 unspecified atom stereocenters. The maximum atomic E-state index is 13.6. The zero-order valence-corrected chi connectivity index (χ0v) is 22.3. The smallest absolute Gasteiger partial charge is 0.342 e. The number of carbonyl (C=O) groups is 3. The number of ketones is 2. The third-order valence-corrected chi connectivity index (χ3v) is 11.5. The van der Waals surface area contributed by atoms with Gasteiger partial charge in [0, 0.05) is 16.7 Å². The van der Waals surface area contributed by atoms with Gasteiger partial charge in [-0.2, -0.15) is 0 Å². The van der Waals surface area contributed by atoms with E-state index in [0.717, 1.165) is 18.4 Å². The quantitative estimate of drug-likeness (QED) is 0.341. The van der Waals surface area contributed by atoms with Crippen molar-refractivity contribution in [3.05, 3.63) is 48.0 Å². The van der Waals surface area contributed by atoms with Crippen molar-refractivity contribution < 1.29 is 23.5 Å². The van der Waals surface area contributed by atoms with E-state index in [1.54, 1.807) is 12.2 Å². The summed E-state index contributed by atoms with van der Waals surface area (Å²) in [5.41, 5.74) is -1.54. The molecule has 0 aromatic carbocycles. The van der Waals surface area contributed by atoms with Crippen LogP contribution in [0.1, 0.15) is 56.8 Å². The summed E-state index contributed by atoms with van der Waals surface area (Å²) in [6, 6.07) is 1.52. The van der Waals surface area contributed by atoms with Crippen molar-refractivity contribution in [1.29, 1.82) is 0 Å². The van der Waals surface area contributed by atoms with Crippen molar-refractivity contribution in [2.24, 2.45) is 28.6 Å². The maximum absolute atomic E-state index is 13.6. The lowest BCUT2D eigenvalue weighted by atomic mass is 9.46. The van der Waals surface area contributed by atoms with Gasteiger partial charge in [0.05, 0.1) is 28.0 Å². The molecule has 188 valence electrons. The molecule has 3 fully saturated rings. The van der Waals surface area contributed by atoms with Crippen LogP contribution in [0.25, 0.3) is 0 Å². The molecule has 8 heteroatoms. The summed E-state index contributed by atoms with van der Waals surface area (Å²) in [6.07, 6.45) is 10.4. The maximum Gasteiger partial charge on any atom is 0.342 e. The standard InChI is InChI=1S/C27H29Cl3O5/c1-15-10-20-19-5-4-17-11-18(31)6-8-24(17,2)26(19,30)21(29)12-25(20,3)27(15,22(32)13-28)35-23(33)16-7-9-34-14-16/h6-9,11,14-15,19-21H,4-5,10,12-13H2,1-3H3/t15?,19?,20?,21?,24?,25?,26-,27-/m0/s1. The minimum Gasteiger partial charge on any atom is -0.472 e. The van der Waals surface area contributed by atoms with Crippen LogP contribution < -0.4 is 0 Å². The number of esters is 1. The Morgan fingerprint density at radius 1 is 1.26 bits per heavy atom. The molecule has 3 saturated carbocycles. The van der Waals surface area contributed by atoms with Crippen molar-refractivity contribution >= 4 is 52.3 Å². The number of Topliss-reactive ketones (excluding diaryl/α,β-unsaturated/α-hetero) is 1. The fourth-order valence-electron chi connectivity index (χ4n) is 8.02. The number of halogens is 3. The second-order valence-corrected chi connectivity index (χ2v) is 12.5. The Bertz CT molecular complexity index is 1140. The lowest BCUT2D eigenvalue weighted by Crippen LogP contribution is -2.68. The van der Waals surface area contributed by atoms with Gasteiger partial charge in [-0.05, 0) is 55.7 Å². The van der Waals surface area contributed by atoms with Gasteiger partial charge in [-0.15, -0.1) is 34.8 Å². The van der Waals surface area contributed by atoms with Gasteiger partial charge < -0.3 is 9.15 Å². The van der Waals surface area contributed by atoms with E-state index in [2.05, 4.69) is 6.92 Å². The lowest BCUT2D eigenvalue weighted by molar-refractivity contribution is -0.164. The molecule has 0 aliphatic heterocycles. The zero-order chi connectivity index (χ0) is 25.4. The van der Waals surface area contributed by atoms with Crippen LogP contribution in [0.15, 0.2) is 46.8 Å². The van der Waals surface area contributed by atoms with Gasteiger partial charge in [-0.25, -0.2) is 4.79 Å². The first-order valence-corrected chi connectivity index (χ1v) is 13.4. The minimum atomic E-state index is -1.44. The number of fused-ring (bicyclic) bond motifs is 5. The number of alkyl halides is 3. The van der Waals surface area contributed by atoms with E-state index in [1.807, 2.05) is 19.9 Å². The monoisotopic (exact) mass is 538 g/mol. The van der Waals surface area contributed by atoms with E-state index >= 15 is 0 Å². The summed E-state index contributed by atoms with van der Waals surface area (Å²) in [6.45, 7) is 6.02. The zero-order valence-electron chi connectivity index (χ0n) is 20.0. The average Bonchev–Trinajstić information content (AvgIpc) is 3.42. The normalized spacial score (nSPS) is 44.2. The van der Waals surface area contributed by atoms with Crippen LogP contribution in [0, 0.1) is 28.6 Å². The highest BCUT2D eigenvalue weighted by Gasteiger charge is 2.76. The first-order valence-electron chi connectivity index (χ1n) is 12.1. The highest BCUT2D eigenvalue weighted by atomic mass is 35.5. The van der Waals surface area contributed by atoms with Crippen LogP contribution >= 0.6 is 34.8 Å². The highest BCUT2D eigenvalue weighted by molar-refractivity contribution is 6.34. The predicted octanol–water partition coefficient (Wildman–Crippen LogP) is 6.12. The molecule has 8 atom stereocenters. The number of carbonyl (C=O) groups excluding carboxylic acids is 3. The molecular formula is C27H29Cl3O5. The molecule has 0 radical (unpaired) electrons. The molecule has 0 bridgehead atoms. The minimum absolute atomic E-state index is 0.0290. The topological polar surface area (TPSA) is 73.6 Å². The Kier molecular flexibility index (Phi) is 5.90. The second kappa shape index (κ2) is 8.22. The van der Waals surface area contributed by atoms with E-state index in [-0.39, 0.29) is 40.8 Å². The molecule has 1 aromatic rings. The first-order chi connectivity index (χ1) is 16.5. The number of furan rings is 1. The molecule has 5 nitrogen and oxygen atoms in total. The average molecular weight is 540 g/mol. The first kappa shape index (κ1) is 25.1. The third-order valence-electron chi connectivity index (χ3n) is 9.68. The molecule has 5 rings (SSSR count). The number of hydrogen-bond donors (Lipinski definition) is 0. The van der Waals surface area contributed by atoms with E-state index in [1.165, 1.54) is 18.6 Å². The number of ether oxygens (including phenoxy) is 1. The van der Waals surface area contributed by atoms with E-state index < -0.39 is 32.7 Å². The molecule has 1 aromatic heterocycles. The van der Waals surface area contributed by atoms with Gasteiger partial charge in [0.15, 0.2) is 17.2 Å². The fraction of sp³-hybridized carbons (Fsp3) is 0.593. The van der Waals surface area contributed by atoms with E-state index in [0.29, 0.717) is 12.8 Å². The molecule has 0 N–H and O–H groups in total. The van der Waals surface area contributed by atoms with Crippen LogP contribution in [0.4, 0.5) is 0 Å². The SMILES string of the molecule is CC1CC2C3CCC4=CC(=O)C=CC4(C)[C@@]3(Cl)C(Cl)CC2(C)[C@@]1(OC(=O)c1ccoc1)C(=O)CCl. The van der Waals surface area contributed by atoms with Gasteiger partial charge in [0.25, 0.3) is 0 Å². The molecule has 35 heavy (non-hydrogen) atoms. The van der Waals surface area contributed by atoms with E-state index in [4.69, 9.17) is 44.0 Å². The van der Waals surface area contributed by atoms with Crippen LogP contribution in [0.3, 0.4) is 0 Å². The van der Waals surface area contributed by atoms with Crippen LogP contribution in [0.5, 0.6) is 0 Å². The molecule has 0 amide bonds. The van der Waals surface area contributed by atoms with Gasteiger partial charge >= 0.3 is 5.97 Å². The van der Waals surface area contributed by atoms with Crippen molar-refractivity contribution in [3.63, 3.8) is 0 Å². The van der Waals surface area contributed by atoms with Crippen molar-refractivity contribution in [2.75, 3.05) is 5.88 Å². The van der Waals surface area contributed by atoms with Gasteiger partial charge in [-0.3, -0.25) is 9.59 Å². The van der Waals surface area contributed by atoms with Crippen molar-refractivity contribution in [3.8, 4) is 0 Å². The third kappa shape index (κ3) is 3.10. The molecule has 4 aliphatic carbocycles. The molecule has 0 spiro atoms. The lowest BCUT2D eigenvalue weighted by Gasteiger charge is -2.64. The highest BCUT2D eigenvalue weighted by Crippen LogP contribution is 2.73. The largest absolute Gasteiger partial charge is 0.472 e. The molecule has 0 saturated heterocycles. The van der Waals surface area contributed by atoms with Crippen molar-refractivity contribution in [2.45, 2.75) is 62.3 Å². The molecule has 1 heterocycles. The second-order valence-electron chi connectivity index (χ2n) is 11.0. The number of allylic oxidation sites excluding steroid dienone is 4. The van der Waals surface area contributed by atoms with Gasteiger partial charge in [-0.1, -0.05) is 32.4 Å². The van der Waals surface area contributed by atoms with E-state index in [9.17, 15) is 14.4 Å². The van der Waals surface area contributed by atoms with Crippen LogP contribution in [-0.4, -0.2) is 39.3 Å². The fourth-order valence-corrected chi connectivity index (χ4v) is 9.45. The Morgan fingerprint density at radius 3 is 2.66 bits per heavy atom. The van der Waals surface area contributed by atoms with Gasteiger partial charge in [0.1, 0.15) is 6.26 Å². The summed E-state index contributed by atoms with van der Waals surface area (Å²) >= 11 is 21.0. The van der Waals surface area contributed by atoms with Crippen LogP contribution in [-0.2, 0) is 14.3 Å². The van der Waals surface area contributed by atoms with Gasteiger partial charge in [0.2, 0.25) is 0 Å². The summed E-state index contributed by atoms with van der Waals surface area (Å²) < 4.78 is 11.2. The number of hydrogen-bond acceptors (Lipinski definition) is 5. The van der Waals surface area contributed by atoms with Crippen molar-refractivity contribution in [1.82, 2.24) is 0 Å². The summed E-state index contributed by atoms with van der Waals surface area (Å²) in [5, 5.41) is -0.539. The summed E-state index contributed by atoms with van der Waals surface area (Å²) in [7, 11) is 0. The Labute approximate surface area is 220 Å². The number of rotatable bonds is 4. The Hall–Kier alpha value is -1.56. The summed E-state index contributed by atoms with van der Waals surface area (Å²) in [4.78, 5) is 38.1. The van der Waals surface area contributed by atoms with Crippen LogP contribution in [0.2, 0.25) is 0 Å².